The number of thiocyanates is 1. The van der Waals surface area contributed by atoms with Crippen molar-refractivity contribution in [3.8, 4) is 5.40 Å². The fraction of sp³-hybridized carbons (Fsp3) is 0.833. The zero-order valence-corrected chi connectivity index (χ0v) is 7.04. The summed E-state index contributed by atoms with van der Waals surface area (Å²) in [6.07, 6.45) is 0. The maximum Gasteiger partial charge on any atom is 0.133 e. The smallest absolute Gasteiger partial charge is 0.133 e. The summed E-state index contributed by atoms with van der Waals surface area (Å²) < 4.78 is 5.02. The highest BCUT2D eigenvalue weighted by molar-refractivity contribution is 8.03. The van der Waals surface area contributed by atoms with Gasteiger partial charge in [0.15, 0.2) is 0 Å². The first kappa shape index (κ1) is 8.19. The highest BCUT2D eigenvalue weighted by Crippen LogP contribution is 2.32. The third-order valence-electron chi connectivity index (χ3n) is 1.54. The van der Waals surface area contributed by atoms with Crippen molar-refractivity contribution in [2.75, 3.05) is 24.8 Å². The number of nitriles is 1. The normalized spacial score (nSPS) is 21.2. The van der Waals surface area contributed by atoms with Crippen molar-refractivity contribution in [1.29, 1.82) is 5.26 Å². The van der Waals surface area contributed by atoms with Crippen molar-refractivity contribution < 1.29 is 4.74 Å². The molecule has 1 aliphatic rings. The van der Waals surface area contributed by atoms with E-state index in [4.69, 9.17) is 21.6 Å². The molecule has 1 saturated heterocycles. The third kappa shape index (κ3) is 1.57. The van der Waals surface area contributed by atoms with Gasteiger partial charge in [-0.2, -0.15) is 5.26 Å². The molecule has 0 spiro atoms. The van der Waals surface area contributed by atoms with Crippen LogP contribution in [0, 0.1) is 16.1 Å². The van der Waals surface area contributed by atoms with Crippen LogP contribution >= 0.6 is 23.4 Å². The monoisotopic (exact) mass is 177 g/mol. The van der Waals surface area contributed by atoms with Gasteiger partial charge in [0.2, 0.25) is 0 Å². The Balaban J connectivity index is 2.28. The van der Waals surface area contributed by atoms with Gasteiger partial charge in [-0.3, -0.25) is 0 Å². The lowest BCUT2D eigenvalue weighted by atomic mass is 9.91. The van der Waals surface area contributed by atoms with E-state index in [2.05, 4.69) is 0 Å². The molecule has 2 nitrogen and oxygen atoms in total. The molecule has 0 saturated carbocycles. The van der Waals surface area contributed by atoms with Gasteiger partial charge in [-0.05, 0) is 11.8 Å². The number of ether oxygens (including phenoxy) is 1. The summed E-state index contributed by atoms with van der Waals surface area (Å²) in [7, 11) is 0. The summed E-state index contributed by atoms with van der Waals surface area (Å²) in [6.45, 7) is 1.43. The van der Waals surface area contributed by atoms with Gasteiger partial charge >= 0.3 is 0 Å². The Bertz CT molecular complexity index is 147. The van der Waals surface area contributed by atoms with Crippen LogP contribution in [-0.4, -0.2) is 24.8 Å². The summed E-state index contributed by atoms with van der Waals surface area (Å²) in [5.74, 6) is 1.40. The van der Waals surface area contributed by atoms with Gasteiger partial charge in [-0.25, -0.2) is 0 Å². The van der Waals surface area contributed by atoms with Crippen LogP contribution in [0.5, 0.6) is 0 Å². The SMILES string of the molecule is N#CSCC1(CCl)COC1. The molecule has 0 atom stereocenters. The van der Waals surface area contributed by atoms with Crippen LogP contribution in [0.15, 0.2) is 0 Å². The largest absolute Gasteiger partial charge is 0.380 e. The maximum atomic E-state index is 8.27. The van der Waals surface area contributed by atoms with Gasteiger partial charge in [0.05, 0.1) is 13.2 Å². The van der Waals surface area contributed by atoms with Crippen LogP contribution in [0.25, 0.3) is 0 Å². The Labute approximate surface area is 69.5 Å². The molecule has 0 amide bonds. The minimum Gasteiger partial charge on any atom is -0.380 e. The fourth-order valence-corrected chi connectivity index (χ4v) is 1.78. The van der Waals surface area contributed by atoms with Gasteiger partial charge in [-0.15, -0.1) is 11.6 Å². The van der Waals surface area contributed by atoms with Crippen LogP contribution in [0.3, 0.4) is 0 Å². The van der Waals surface area contributed by atoms with Crippen LogP contribution in [0.2, 0.25) is 0 Å². The molecule has 0 aromatic carbocycles. The standard InChI is InChI=1S/C6H8ClNOS/c7-1-6(2-9-3-6)4-10-5-8/h1-4H2. The van der Waals surface area contributed by atoms with Crippen LogP contribution in [0.4, 0.5) is 0 Å². The van der Waals surface area contributed by atoms with Crippen molar-refractivity contribution in [2.24, 2.45) is 5.41 Å². The fourth-order valence-electron chi connectivity index (χ4n) is 0.775. The summed E-state index contributed by atoms with van der Waals surface area (Å²) in [5, 5.41) is 10.3. The quantitative estimate of drug-likeness (QED) is 0.484. The summed E-state index contributed by atoms with van der Waals surface area (Å²) >= 11 is 6.95. The Morgan fingerprint density at radius 3 is 2.70 bits per heavy atom. The molecule has 0 aromatic heterocycles. The molecule has 1 aliphatic heterocycles. The molecule has 0 aliphatic carbocycles. The van der Waals surface area contributed by atoms with Crippen molar-refractivity contribution in [3.63, 3.8) is 0 Å². The number of thioether (sulfide) groups is 1. The molecule has 1 fully saturated rings. The second kappa shape index (κ2) is 3.47. The highest BCUT2D eigenvalue weighted by Gasteiger charge is 2.37. The van der Waals surface area contributed by atoms with E-state index >= 15 is 0 Å². The topological polar surface area (TPSA) is 33.0 Å². The Hall–Kier alpha value is 0.0900. The number of alkyl halides is 1. The maximum absolute atomic E-state index is 8.27. The van der Waals surface area contributed by atoms with Crippen molar-refractivity contribution in [1.82, 2.24) is 0 Å². The second-order valence-corrected chi connectivity index (χ2v) is 3.53. The molecule has 0 unspecified atom stereocenters. The van der Waals surface area contributed by atoms with E-state index in [1.165, 1.54) is 11.8 Å². The molecule has 1 rings (SSSR count). The van der Waals surface area contributed by atoms with Crippen molar-refractivity contribution in [3.05, 3.63) is 0 Å². The minimum atomic E-state index is 0.0992. The average molecular weight is 178 g/mol. The molecular weight excluding hydrogens is 170 g/mol. The van der Waals surface area contributed by atoms with E-state index in [0.29, 0.717) is 19.1 Å². The molecule has 10 heavy (non-hydrogen) atoms. The predicted molar refractivity (Wildman–Crippen MR) is 42.0 cm³/mol. The average Bonchev–Trinajstić information content (AvgIpc) is 1.87. The number of hydrogen-bond acceptors (Lipinski definition) is 3. The molecule has 0 aromatic rings. The van der Waals surface area contributed by atoms with E-state index < -0.39 is 0 Å². The molecule has 4 heteroatoms. The van der Waals surface area contributed by atoms with Crippen LogP contribution in [0.1, 0.15) is 0 Å². The lowest BCUT2D eigenvalue weighted by Crippen LogP contribution is -2.46. The third-order valence-corrected chi connectivity index (χ3v) is 3.00. The van der Waals surface area contributed by atoms with Crippen molar-refractivity contribution >= 4 is 23.4 Å². The van der Waals surface area contributed by atoms with E-state index in [1.807, 2.05) is 5.40 Å². The van der Waals surface area contributed by atoms with Gasteiger partial charge in [0.1, 0.15) is 5.40 Å². The van der Waals surface area contributed by atoms with E-state index in [1.54, 1.807) is 0 Å². The summed E-state index contributed by atoms with van der Waals surface area (Å²) in [6, 6.07) is 0. The van der Waals surface area contributed by atoms with Gasteiger partial charge in [0, 0.05) is 17.0 Å². The van der Waals surface area contributed by atoms with E-state index in [-0.39, 0.29) is 5.41 Å². The first-order chi connectivity index (χ1) is 4.83. The van der Waals surface area contributed by atoms with Gasteiger partial charge in [-0.1, -0.05) is 0 Å². The van der Waals surface area contributed by atoms with Crippen LogP contribution in [-0.2, 0) is 4.74 Å². The van der Waals surface area contributed by atoms with E-state index in [9.17, 15) is 0 Å². The molecule has 0 radical (unpaired) electrons. The Kier molecular flexibility index (Phi) is 2.84. The minimum absolute atomic E-state index is 0.0992. The van der Waals surface area contributed by atoms with Crippen molar-refractivity contribution in [2.45, 2.75) is 0 Å². The van der Waals surface area contributed by atoms with Gasteiger partial charge in [0.25, 0.3) is 0 Å². The lowest BCUT2D eigenvalue weighted by Gasteiger charge is -2.38. The molecule has 56 valence electrons. The number of rotatable bonds is 3. The van der Waals surface area contributed by atoms with E-state index in [0.717, 1.165) is 5.75 Å². The highest BCUT2D eigenvalue weighted by atomic mass is 35.5. The number of nitrogens with zero attached hydrogens (tertiary/aromatic N) is 1. The zero-order chi connectivity index (χ0) is 7.45. The summed E-state index contributed by atoms with van der Waals surface area (Å²) in [4.78, 5) is 0. The molecule has 1 heterocycles. The summed E-state index contributed by atoms with van der Waals surface area (Å²) in [5.41, 5.74) is 0.0992. The Morgan fingerprint density at radius 1 is 1.70 bits per heavy atom. The van der Waals surface area contributed by atoms with Gasteiger partial charge < -0.3 is 4.74 Å². The van der Waals surface area contributed by atoms with Crippen LogP contribution < -0.4 is 0 Å². The molecular formula is C6H8ClNOS. The Morgan fingerprint density at radius 2 is 2.40 bits per heavy atom. The number of hydrogen-bond donors (Lipinski definition) is 0. The number of halogens is 1. The first-order valence-corrected chi connectivity index (χ1v) is 4.50. The lowest BCUT2D eigenvalue weighted by molar-refractivity contribution is -0.0837. The first-order valence-electron chi connectivity index (χ1n) is 2.98. The second-order valence-electron chi connectivity index (χ2n) is 2.51. The molecule has 0 N–H and O–H groups in total. The zero-order valence-electron chi connectivity index (χ0n) is 5.47. The predicted octanol–water partition coefficient (Wildman–Crippen LogP) is 1.46. The molecule has 0 bridgehead atoms.